The molecule has 0 bridgehead atoms. The van der Waals surface area contributed by atoms with Gasteiger partial charge in [-0.05, 0) is 62.1 Å². The zero-order valence-corrected chi connectivity index (χ0v) is 21.4. The van der Waals surface area contributed by atoms with Crippen LogP contribution < -0.4 is 10.6 Å². The van der Waals surface area contributed by atoms with E-state index >= 15 is 0 Å². The van der Waals surface area contributed by atoms with Crippen LogP contribution in [0.2, 0.25) is 5.02 Å². The lowest BCUT2D eigenvalue weighted by Crippen LogP contribution is -2.26. The maximum absolute atomic E-state index is 13.8. The number of carbonyl (C=O) groups is 2. The minimum absolute atomic E-state index is 0.131. The summed E-state index contributed by atoms with van der Waals surface area (Å²) in [5, 5.41) is 12.4. The van der Waals surface area contributed by atoms with Crippen LogP contribution >= 0.6 is 11.6 Å². The number of hydrogen-bond acceptors (Lipinski definition) is 7. The zero-order chi connectivity index (χ0) is 27.4. The third-order valence-electron chi connectivity index (χ3n) is 6.72. The first-order chi connectivity index (χ1) is 18.2. The average molecular weight is 551 g/mol. The largest absolute Gasteiger partial charge is 0.466 e. The van der Waals surface area contributed by atoms with Crippen molar-refractivity contribution in [3.63, 3.8) is 0 Å². The van der Waals surface area contributed by atoms with Gasteiger partial charge < -0.3 is 19.8 Å². The van der Waals surface area contributed by atoms with Crippen LogP contribution in [-0.4, -0.2) is 28.7 Å². The lowest BCUT2D eigenvalue weighted by Gasteiger charge is -2.31. The molecule has 2 aromatic carbocycles. The number of carbonyl (C=O) groups excluding carboxylic acids is 2. The smallest absolute Gasteiger partial charge is 0.320 e. The Balaban J connectivity index is 1.35. The number of hydrogen-bond donors (Lipinski definition) is 2. The third-order valence-corrected chi connectivity index (χ3v) is 7.03. The zero-order valence-electron chi connectivity index (χ0n) is 20.7. The van der Waals surface area contributed by atoms with Crippen molar-refractivity contribution >= 4 is 40.9 Å². The number of nitrogens with zero attached hydrogens (tertiary/aromatic N) is 2. The summed E-state index contributed by atoms with van der Waals surface area (Å²) in [5.74, 6) is -4.64. The van der Waals surface area contributed by atoms with E-state index in [9.17, 15) is 22.8 Å². The number of ether oxygens (including phenoxy) is 1. The van der Waals surface area contributed by atoms with E-state index in [0.29, 0.717) is 29.4 Å². The molecule has 1 aromatic heterocycles. The Morgan fingerprint density at radius 2 is 1.76 bits per heavy atom. The van der Waals surface area contributed by atoms with Crippen LogP contribution in [0.1, 0.15) is 61.7 Å². The maximum Gasteiger partial charge on any atom is 0.320 e. The van der Waals surface area contributed by atoms with E-state index in [0.717, 1.165) is 31.2 Å². The van der Waals surface area contributed by atoms with E-state index in [1.54, 1.807) is 19.1 Å². The standard InChI is InChI=1S/C26H26ClF3N4O4/c1-3-37-25(36)13(2)14-4-6-15(7-5-14)16-8-9-21(17(27)10-16)31-23(35)24-33-34-26(38-24)32-22-12-19(29)18(28)11-20(22)30/h8-15H,3-7H2,1-2H3,(H,31,35)(H,32,34)/t13?,14-,15-. The Labute approximate surface area is 221 Å². The van der Waals surface area contributed by atoms with Crippen molar-refractivity contribution in [2.75, 3.05) is 17.2 Å². The van der Waals surface area contributed by atoms with E-state index in [4.69, 9.17) is 20.8 Å². The highest BCUT2D eigenvalue weighted by Crippen LogP contribution is 2.40. The molecule has 0 saturated heterocycles. The van der Waals surface area contributed by atoms with E-state index in [1.807, 2.05) is 13.0 Å². The number of rotatable bonds is 8. The van der Waals surface area contributed by atoms with Gasteiger partial charge in [-0.2, -0.15) is 0 Å². The van der Waals surface area contributed by atoms with Crippen LogP contribution in [0.15, 0.2) is 34.7 Å². The van der Waals surface area contributed by atoms with Crippen molar-refractivity contribution < 1.29 is 31.9 Å². The van der Waals surface area contributed by atoms with Gasteiger partial charge in [0.1, 0.15) is 5.82 Å². The fourth-order valence-corrected chi connectivity index (χ4v) is 4.82. The van der Waals surface area contributed by atoms with Gasteiger partial charge in [-0.15, -0.1) is 5.10 Å². The van der Waals surface area contributed by atoms with Gasteiger partial charge in [0.15, 0.2) is 11.6 Å². The van der Waals surface area contributed by atoms with Crippen molar-refractivity contribution in [3.05, 3.63) is 64.3 Å². The van der Waals surface area contributed by atoms with Gasteiger partial charge >= 0.3 is 23.8 Å². The monoisotopic (exact) mass is 550 g/mol. The summed E-state index contributed by atoms with van der Waals surface area (Å²) >= 11 is 6.43. The molecule has 0 aliphatic heterocycles. The highest BCUT2D eigenvalue weighted by Gasteiger charge is 2.30. The molecule has 4 rings (SSSR count). The van der Waals surface area contributed by atoms with Crippen LogP contribution in [-0.2, 0) is 9.53 Å². The molecule has 1 fully saturated rings. The summed E-state index contributed by atoms with van der Waals surface area (Å²) in [6.07, 6.45) is 3.63. The maximum atomic E-state index is 13.8. The Bertz CT molecular complexity index is 1330. The molecule has 1 saturated carbocycles. The molecule has 1 atom stereocenters. The molecule has 2 N–H and O–H groups in total. The van der Waals surface area contributed by atoms with E-state index in [-0.39, 0.29) is 23.7 Å². The Hall–Kier alpha value is -3.60. The molecule has 202 valence electrons. The lowest BCUT2D eigenvalue weighted by atomic mass is 9.74. The van der Waals surface area contributed by atoms with Gasteiger partial charge in [0.2, 0.25) is 0 Å². The average Bonchev–Trinajstić information content (AvgIpc) is 3.37. The van der Waals surface area contributed by atoms with Crippen LogP contribution in [0.3, 0.4) is 0 Å². The molecule has 1 amide bonds. The second-order valence-electron chi connectivity index (χ2n) is 9.13. The molecule has 3 aromatic rings. The van der Waals surface area contributed by atoms with Crippen molar-refractivity contribution in [1.82, 2.24) is 10.2 Å². The number of halogens is 4. The Morgan fingerprint density at radius 3 is 2.45 bits per heavy atom. The second kappa shape index (κ2) is 11.8. The Kier molecular flexibility index (Phi) is 8.55. The molecule has 0 spiro atoms. The molecule has 1 aliphatic rings. The highest BCUT2D eigenvalue weighted by molar-refractivity contribution is 6.34. The summed E-state index contributed by atoms with van der Waals surface area (Å²) in [4.78, 5) is 24.6. The van der Waals surface area contributed by atoms with Gasteiger partial charge in [0, 0.05) is 12.1 Å². The fourth-order valence-electron chi connectivity index (χ4n) is 4.58. The minimum Gasteiger partial charge on any atom is -0.466 e. The van der Waals surface area contributed by atoms with Gasteiger partial charge in [-0.25, -0.2) is 13.2 Å². The second-order valence-corrected chi connectivity index (χ2v) is 9.54. The van der Waals surface area contributed by atoms with Gasteiger partial charge in [-0.3, -0.25) is 9.59 Å². The summed E-state index contributed by atoms with van der Waals surface area (Å²) in [6, 6.07) is 5.91. The van der Waals surface area contributed by atoms with Gasteiger partial charge in [0.05, 0.1) is 28.9 Å². The molecular weight excluding hydrogens is 525 g/mol. The van der Waals surface area contributed by atoms with Crippen LogP contribution in [0.5, 0.6) is 0 Å². The summed E-state index contributed by atoms with van der Waals surface area (Å²) in [7, 11) is 0. The summed E-state index contributed by atoms with van der Waals surface area (Å²) < 4.78 is 50.6. The molecule has 1 aliphatic carbocycles. The van der Waals surface area contributed by atoms with Crippen LogP contribution in [0.25, 0.3) is 0 Å². The molecule has 8 nitrogen and oxygen atoms in total. The highest BCUT2D eigenvalue weighted by atomic mass is 35.5. The number of esters is 1. The molecule has 1 unspecified atom stereocenters. The Morgan fingerprint density at radius 1 is 1.05 bits per heavy atom. The molecular formula is C26H26ClF3N4O4. The summed E-state index contributed by atoms with van der Waals surface area (Å²) in [6.45, 7) is 4.10. The van der Waals surface area contributed by atoms with E-state index in [1.165, 1.54) is 0 Å². The first-order valence-corrected chi connectivity index (χ1v) is 12.6. The van der Waals surface area contributed by atoms with Crippen molar-refractivity contribution in [2.24, 2.45) is 11.8 Å². The normalized spacial score (nSPS) is 18.1. The van der Waals surface area contributed by atoms with Crippen LogP contribution in [0.4, 0.5) is 30.6 Å². The SMILES string of the molecule is CCOC(=O)C(C)[C@H]1CC[C@H](c2ccc(NC(=O)c3nnc(Nc4cc(F)c(F)cc4F)o3)c(Cl)c2)CC1. The van der Waals surface area contributed by atoms with Crippen molar-refractivity contribution in [1.29, 1.82) is 0 Å². The number of aromatic nitrogens is 2. The molecule has 38 heavy (non-hydrogen) atoms. The van der Waals surface area contributed by atoms with E-state index in [2.05, 4.69) is 20.8 Å². The molecule has 12 heteroatoms. The molecule has 0 radical (unpaired) electrons. The van der Waals surface area contributed by atoms with Crippen LogP contribution in [0, 0.1) is 29.3 Å². The summed E-state index contributed by atoms with van der Waals surface area (Å²) in [5.41, 5.74) is 0.917. The van der Waals surface area contributed by atoms with Gasteiger partial charge in [-0.1, -0.05) is 29.7 Å². The first-order valence-electron chi connectivity index (χ1n) is 12.2. The fraction of sp³-hybridized carbons (Fsp3) is 0.385. The lowest BCUT2D eigenvalue weighted by molar-refractivity contribution is -0.149. The predicted octanol–water partition coefficient (Wildman–Crippen LogP) is 6.61. The minimum atomic E-state index is -1.35. The van der Waals surface area contributed by atoms with E-state index < -0.39 is 41.0 Å². The number of amides is 1. The third kappa shape index (κ3) is 6.27. The van der Waals surface area contributed by atoms with Crippen molar-refractivity contribution in [3.8, 4) is 0 Å². The van der Waals surface area contributed by atoms with Crippen molar-refractivity contribution in [2.45, 2.75) is 45.4 Å². The molecule has 1 heterocycles. The van der Waals surface area contributed by atoms with Gasteiger partial charge in [0.25, 0.3) is 0 Å². The number of nitrogens with one attached hydrogen (secondary N) is 2. The number of anilines is 3. The number of benzene rings is 2. The topological polar surface area (TPSA) is 106 Å². The predicted molar refractivity (Wildman–Crippen MR) is 134 cm³/mol. The first kappa shape index (κ1) is 27.4. The quantitative estimate of drug-likeness (QED) is 0.240.